The molecule has 0 amide bonds. The van der Waals surface area contributed by atoms with E-state index in [1.807, 2.05) is 48.5 Å². The monoisotopic (exact) mass is 658 g/mol. The molecule has 5 nitrogen and oxygen atoms in total. The highest BCUT2D eigenvalue weighted by molar-refractivity contribution is 6.13. The highest BCUT2D eigenvalue weighted by Crippen LogP contribution is 2.51. The molecule has 0 saturated carbocycles. The smallest absolute Gasteiger partial charge is 0.227 e. The Morgan fingerprint density at radius 1 is 0.490 bits per heavy atom. The lowest BCUT2D eigenvalue weighted by atomic mass is 9.82. The van der Waals surface area contributed by atoms with Crippen LogP contribution < -0.4 is 4.90 Å². The number of nitrogens with zero attached hydrogens (tertiary/aromatic N) is 2. The molecule has 0 unspecified atom stereocenters. The summed E-state index contributed by atoms with van der Waals surface area (Å²) in [5.41, 5.74) is 13.7. The zero-order valence-electron chi connectivity index (χ0n) is 28.0. The second-order valence-electron chi connectivity index (χ2n) is 14.0. The van der Waals surface area contributed by atoms with Gasteiger partial charge in [0.15, 0.2) is 11.2 Å². The number of aromatic nitrogens is 1. The van der Waals surface area contributed by atoms with Crippen LogP contribution in [0.3, 0.4) is 0 Å². The van der Waals surface area contributed by atoms with E-state index in [1.54, 1.807) is 0 Å². The quantitative estimate of drug-likeness (QED) is 0.188. The lowest BCUT2D eigenvalue weighted by Crippen LogP contribution is -2.15. The van der Waals surface area contributed by atoms with Gasteiger partial charge in [0.05, 0.1) is 11.4 Å². The third-order valence-electron chi connectivity index (χ3n) is 10.7. The van der Waals surface area contributed by atoms with Crippen LogP contribution in [0.5, 0.6) is 0 Å². The van der Waals surface area contributed by atoms with Crippen molar-refractivity contribution in [2.24, 2.45) is 0 Å². The predicted octanol–water partition coefficient (Wildman–Crippen LogP) is 13.1. The summed E-state index contributed by atoms with van der Waals surface area (Å²) in [7, 11) is 0. The minimum absolute atomic E-state index is 0.0907. The zero-order chi connectivity index (χ0) is 33.8. The second kappa shape index (κ2) is 10.2. The average molecular weight is 659 g/mol. The maximum atomic E-state index is 6.80. The van der Waals surface area contributed by atoms with Crippen molar-refractivity contribution in [2.75, 3.05) is 4.90 Å². The van der Waals surface area contributed by atoms with Gasteiger partial charge in [0.1, 0.15) is 22.3 Å². The zero-order valence-corrected chi connectivity index (χ0v) is 28.0. The Labute approximate surface area is 293 Å². The highest BCUT2D eigenvalue weighted by Gasteiger charge is 2.35. The van der Waals surface area contributed by atoms with Crippen LogP contribution in [0.1, 0.15) is 25.0 Å². The van der Waals surface area contributed by atoms with Crippen molar-refractivity contribution in [1.82, 2.24) is 4.98 Å². The molecule has 3 heterocycles. The van der Waals surface area contributed by atoms with E-state index < -0.39 is 0 Å². The largest absolute Gasteiger partial charge is 0.456 e. The second-order valence-corrected chi connectivity index (χ2v) is 14.0. The summed E-state index contributed by atoms with van der Waals surface area (Å²) in [4.78, 5) is 7.11. The molecule has 242 valence electrons. The topological polar surface area (TPSA) is 55.6 Å². The molecule has 0 atom stereocenters. The van der Waals surface area contributed by atoms with E-state index in [2.05, 4.69) is 116 Å². The first-order valence-corrected chi connectivity index (χ1v) is 17.3. The van der Waals surface area contributed by atoms with Crippen LogP contribution in [0.15, 0.2) is 159 Å². The normalized spacial score (nSPS) is 13.5. The third-order valence-corrected chi connectivity index (χ3v) is 10.7. The number of benzene rings is 7. The molecule has 1 aliphatic rings. The first-order chi connectivity index (χ1) is 25.0. The number of oxazole rings is 1. The number of hydrogen-bond acceptors (Lipinski definition) is 5. The summed E-state index contributed by atoms with van der Waals surface area (Å²) in [6, 6.07) is 50.7. The molecule has 0 aliphatic heterocycles. The van der Waals surface area contributed by atoms with E-state index >= 15 is 0 Å². The van der Waals surface area contributed by atoms with Gasteiger partial charge < -0.3 is 18.2 Å². The number of anilines is 3. The fraction of sp³-hybridized carbons (Fsp3) is 0.0652. The molecule has 11 rings (SSSR count). The van der Waals surface area contributed by atoms with Crippen LogP contribution >= 0.6 is 0 Å². The first-order valence-electron chi connectivity index (χ1n) is 17.3. The van der Waals surface area contributed by atoms with Crippen LogP contribution in [-0.4, -0.2) is 4.98 Å². The van der Waals surface area contributed by atoms with E-state index in [4.69, 9.17) is 18.2 Å². The van der Waals surface area contributed by atoms with Gasteiger partial charge in [-0.3, -0.25) is 0 Å². The average Bonchev–Trinajstić information content (AvgIpc) is 3.91. The molecule has 5 heteroatoms. The van der Waals surface area contributed by atoms with Crippen molar-refractivity contribution in [3.05, 3.63) is 157 Å². The number of para-hydroxylation sites is 2. The Kier molecular flexibility index (Phi) is 5.66. The number of rotatable bonds is 4. The van der Waals surface area contributed by atoms with Gasteiger partial charge >= 0.3 is 0 Å². The van der Waals surface area contributed by atoms with Crippen molar-refractivity contribution >= 4 is 72.0 Å². The Balaban J connectivity index is 1.14. The highest BCUT2D eigenvalue weighted by atomic mass is 16.4. The third kappa shape index (κ3) is 4.06. The Morgan fingerprint density at radius 3 is 2.14 bits per heavy atom. The van der Waals surface area contributed by atoms with E-state index in [0.29, 0.717) is 5.89 Å². The molecule has 1 aliphatic carbocycles. The molecular weight excluding hydrogens is 629 g/mol. The van der Waals surface area contributed by atoms with Crippen LogP contribution in [0.4, 0.5) is 17.1 Å². The van der Waals surface area contributed by atoms with Crippen LogP contribution in [-0.2, 0) is 5.41 Å². The van der Waals surface area contributed by atoms with Gasteiger partial charge in [-0.1, -0.05) is 92.7 Å². The number of furan rings is 2. The van der Waals surface area contributed by atoms with Gasteiger partial charge in [0.25, 0.3) is 0 Å². The molecule has 10 aromatic rings. The van der Waals surface area contributed by atoms with E-state index in [9.17, 15) is 0 Å². The summed E-state index contributed by atoms with van der Waals surface area (Å²) in [5.74, 6) is 0.594. The Bertz CT molecular complexity index is 3020. The van der Waals surface area contributed by atoms with Crippen LogP contribution in [0.2, 0.25) is 0 Å². The molecule has 0 fully saturated rings. The molecular formula is C46H30N2O3. The molecule has 0 saturated heterocycles. The van der Waals surface area contributed by atoms with Gasteiger partial charge in [-0.2, -0.15) is 0 Å². The molecule has 0 radical (unpaired) electrons. The van der Waals surface area contributed by atoms with Gasteiger partial charge in [-0.15, -0.1) is 0 Å². The summed E-state index contributed by atoms with van der Waals surface area (Å²) in [6.45, 7) is 4.63. The molecule has 3 aromatic heterocycles. The minimum Gasteiger partial charge on any atom is -0.456 e. The summed E-state index contributed by atoms with van der Waals surface area (Å²) >= 11 is 0. The van der Waals surface area contributed by atoms with Gasteiger partial charge in [-0.05, 0) is 76.9 Å². The standard InChI is InChI=1S/C46H30N2O3/c1-46(2)36-16-8-6-13-30(36)34-23-28(20-22-37(34)46)48(29-19-21-32-31-14-7-9-18-40(31)49-41(32)24-29)39-17-10-15-33-35-25-43-38(26-42(35)50-44(33)39)47-45(51-43)27-11-4-3-5-12-27/h3-26H,1-2H3. The van der Waals surface area contributed by atoms with Crippen LogP contribution in [0, 0.1) is 0 Å². The molecule has 51 heavy (non-hydrogen) atoms. The van der Waals surface area contributed by atoms with Gasteiger partial charge in [-0.25, -0.2) is 4.98 Å². The molecule has 0 bridgehead atoms. The van der Waals surface area contributed by atoms with Crippen molar-refractivity contribution in [1.29, 1.82) is 0 Å². The van der Waals surface area contributed by atoms with E-state index in [1.165, 1.54) is 22.3 Å². The fourth-order valence-electron chi connectivity index (χ4n) is 8.21. The van der Waals surface area contributed by atoms with E-state index in [0.717, 1.165) is 77.6 Å². The minimum atomic E-state index is -0.0907. The molecule has 0 spiro atoms. The van der Waals surface area contributed by atoms with Gasteiger partial charge in [0.2, 0.25) is 5.89 Å². The van der Waals surface area contributed by atoms with Crippen molar-refractivity contribution in [3.8, 4) is 22.6 Å². The summed E-state index contributed by atoms with van der Waals surface area (Å²) in [5, 5.41) is 4.18. The Hall–Kier alpha value is -6.59. The fourth-order valence-corrected chi connectivity index (χ4v) is 8.21. The maximum Gasteiger partial charge on any atom is 0.227 e. The Morgan fingerprint density at radius 2 is 1.22 bits per heavy atom. The molecule has 0 N–H and O–H groups in total. The summed E-state index contributed by atoms with van der Waals surface area (Å²) < 4.78 is 19.5. The van der Waals surface area contributed by atoms with Crippen LogP contribution in [0.25, 0.3) is 77.6 Å². The van der Waals surface area contributed by atoms with E-state index in [-0.39, 0.29) is 5.41 Å². The first kappa shape index (κ1) is 28.3. The van der Waals surface area contributed by atoms with Crippen molar-refractivity contribution in [3.63, 3.8) is 0 Å². The summed E-state index contributed by atoms with van der Waals surface area (Å²) in [6.07, 6.45) is 0. The van der Waals surface area contributed by atoms with Crippen molar-refractivity contribution in [2.45, 2.75) is 19.3 Å². The number of hydrogen-bond donors (Lipinski definition) is 0. The lowest BCUT2D eigenvalue weighted by Gasteiger charge is -2.27. The van der Waals surface area contributed by atoms with Crippen molar-refractivity contribution < 1.29 is 13.3 Å². The lowest BCUT2D eigenvalue weighted by molar-refractivity contribution is 0.620. The molecule has 7 aromatic carbocycles. The predicted molar refractivity (Wildman–Crippen MR) is 206 cm³/mol. The van der Waals surface area contributed by atoms with Gasteiger partial charge in [0, 0.05) is 50.3 Å². The number of fused-ring (bicyclic) bond motifs is 10. The maximum absolute atomic E-state index is 6.80. The SMILES string of the molecule is CC1(C)c2ccccc2-c2cc(N(c3ccc4c(c3)oc3ccccc34)c3cccc4c3oc3cc5nc(-c6ccccc6)oc5cc34)ccc21.